The summed E-state index contributed by atoms with van der Waals surface area (Å²) in [6, 6.07) is 30.9. The third kappa shape index (κ3) is 4.42. The minimum absolute atomic E-state index is 0.0783. The quantitative estimate of drug-likeness (QED) is 0.433. The third-order valence-electron chi connectivity index (χ3n) is 6.23. The zero-order valence-corrected chi connectivity index (χ0v) is 18.1. The summed E-state index contributed by atoms with van der Waals surface area (Å²) in [4.78, 5) is 2.53. The first-order valence-corrected chi connectivity index (χ1v) is 11.1. The van der Waals surface area contributed by atoms with Crippen LogP contribution in [0.2, 0.25) is 0 Å². The van der Waals surface area contributed by atoms with Gasteiger partial charge in [-0.2, -0.15) is 0 Å². The van der Waals surface area contributed by atoms with Gasteiger partial charge in [0.15, 0.2) is 0 Å². The Bertz CT molecular complexity index is 863. The largest absolute Gasteiger partial charge is 0.296 e. The average molecular weight is 404 g/mol. The molecule has 0 N–H and O–H groups in total. The monoisotopic (exact) mass is 403 g/mol. The molecule has 0 aliphatic carbocycles. The molecule has 1 atom stereocenters. The standard InChI is InChI=1S/C27H30ClN/c1-21(2)23-15-13-22(14-16-23)18-29-19-26(28)17-27(20-29,24-9-5-3-6-10-24)25-11-7-4-8-12-25/h3-16,21,26H,17-20H2,1-2H3. The predicted molar refractivity (Wildman–Crippen MR) is 124 cm³/mol. The van der Waals surface area contributed by atoms with E-state index < -0.39 is 0 Å². The molecule has 29 heavy (non-hydrogen) atoms. The number of piperidine rings is 1. The second-order valence-electron chi connectivity index (χ2n) is 8.68. The highest BCUT2D eigenvalue weighted by atomic mass is 35.5. The predicted octanol–water partition coefficient (Wildman–Crippen LogP) is 6.61. The van der Waals surface area contributed by atoms with Crippen molar-refractivity contribution < 1.29 is 0 Å². The zero-order valence-electron chi connectivity index (χ0n) is 17.4. The molecule has 1 unspecified atom stereocenters. The minimum Gasteiger partial charge on any atom is -0.296 e. The number of hydrogen-bond acceptors (Lipinski definition) is 1. The summed E-state index contributed by atoms with van der Waals surface area (Å²) in [7, 11) is 0. The molecule has 1 aliphatic rings. The van der Waals surface area contributed by atoms with Gasteiger partial charge in [-0.05, 0) is 34.6 Å². The van der Waals surface area contributed by atoms with Gasteiger partial charge in [-0.25, -0.2) is 0 Å². The highest BCUT2D eigenvalue weighted by Crippen LogP contribution is 2.42. The Kier molecular flexibility index (Phi) is 6.08. The van der Waals surface area contributed by atoms with E-state index >= 15 is 0 Å². The molecule has 150 valence electrons. The number of likely N-dealkylation sites (tertiary alicyclic amines) is 1. The Morgan fingerprint density at radius 2 is 1.41 bits per heavy atom. The molecule has 2 heteroatoms. The van der Waals surface area contributed by atoms with Crippen LogP contribution in [0.4, 0.5) is 0 Å². The number of nitrogens with zero attached hydrogens (tertiary/aromatic N) is 1. The van der Waals surface area contributed by atoms with Crippen LogP contribution in [0.1, 0.15) is 48.4 Å². The summed E-state index contributed by atoms with van der Waals surface area (Å²) in [5, 5.41) is 0.124. The molecule has 1 heterocycles. The fourth-order valence-corrected chi connectivity index (χ4v) is 5.18. The topological polar surface area (TPSA) is 3.24 Å². The summed E-state index contributed by atoms with van der Waals surface area (Å²) in [6.45, 7) is 7.33. The number of benzene rings is 3. The lowest BCUT2D eigenvalue weighted by molar-refractivity contribution is 0.164. The molecular weight excluding hydrogens is 374 g/mol. The van der Waals surface area contributed by atoms with E-state index in [-0.39, 0.29) is 10.8 Å². The van der Waals surface area contributed by atoms with Crippen LogP contribution < -0.4 is 0 Å². The smallest absolute Gasteiger partial charge is 0.0475 e. The van der Waals surface area contributed by atoms with E-state index in [0.717, 1.165) is 26.1 Å². The first-order chi connectivity index (χ1) is 14.1. The lowest BCUT2D eigenvalue weighted by atomic mass is 9.69. The van der Waals surface area contributed by atoms with Gasteiger partial charge in [0, 0.05) is 30.4 Å². The maximum absolute atomic E-state index is 6.89. The number of halogens is 1. The van der Waals surface area contributed by atoms with Crippen LogP contribution in [0, 0.1) is 0 Å². The molecule has 0 saturated carbocycles. The molecule has 1 nitrogen and oxygen atoms in total. The highest BCUT2D eigenvalue weighted by molar-refractivity contribution is 6.21. The molecule has 0 radical (unpaired) electrons. The molecule has 4 rings (SSSR count). The van der Waals surface area contributed by atoms with Gasteiger partial charge in [0.25, 0.3) is 0 Å². The van der Waals surface area contributed by atoms with Gasteiger partial charge in [-0.3, -0.25) is 4.90 Å². The molecule has 0 amide bonds. The number of hydrogen-bond donors (Lipinski definition) is 0. The van der Waals surface area contributed by atoms with E-state index in [0.29, 0.717) is 5.92 Å². The molecule has 1 saturated heterocycles. The first-order valence-electron chi connectivity index (χ1n) is 10.6. The van der Waals surface area contributed by atoms with Crippen molar-refractivity contribution in [1.29, 1.82) is 0 Å². The molecule has 0 spiro atoms. The van der Waals surface area contributed by atoms with Gasteiger partial charge in [0.2, 0.25) is 0 Å². The molecule has 1 fully saturated rings. The molecule has 3 aromatic rings. The molecule has 0 aromatic heterocycles. The van der Waals surface area contributed by atoms with E-state index in [9.17, 15) is 0 Å². The van der Waals surface area contributed by atoms with Crippen LogP contribution in [-0.4, -0.2) is 23.4 Å². The lowest BCUT2D eigenvalue weighted by Crippen LogP contribution is -2.50. The normalized spacial score (nSPS) is 19.4. The van der Waals surface area contributed by atoms with Gasteiger partial charge in [-0.15, -0.1) is 11.6 Å². The molecule has 0 bridgehead atoms. The molecular formula is C27H30ClN. The van der Waals surface area contributed by atoms with Crippen LogP contribution in [0.25, 0.3) is 0 Å². The fraction of sp³-hybridized carbons (Fsp3) is 0.333. The summed E-state index contributed by atoms with van der Waals surface area (Å²) < 4.78 is 0. The Labute approximate surface area is 180 Å². The van der Waals surface area contributed by atoms with Crippen LogP contribution in [0.3, 0.4) is 0 Å². The van der Waals surface area contributed by atoms with Gasteiger partial charge in [-0.1, -0.05) is 98.8 Å². The summed E-state index contributed by atoms with van der Waals surface area (Å²) in [5.41, 5.74) is 5.39. The van der Waals surface area contributed by atoms with Gasteiger partial charge < -0.3 is 0 Å². The van der Waals surface area contributed by atoms with Gasteiger partial charge >= 0.3 is 0 Å². The summed E-state index contributed by atoms with van der Waals surface area (Å²) in [5.74, 6) is 0.565. The van der Waals surface area contributed by atoms with Crippen LogP contribution in [0.5, 0.6) is 0 Å². The van der Waals surface area contributed by atoms with E-state index in [1.54, 1.807) is 0 Å². The van der Waals surface area contributed by atoms with Crippen molar-refractivity contribution in [3.63, 3.8) is 0 Å². The van der Waals surface area contributed by atoms with Gasteiger partial charge in [0.1, 0.15) is 0 Å². The Morgan fingerprint density at radius 1 is 0.862 bits per heavy atom. The van der Waals surface area contributed by atoms with Crippen molar-refractivity contribution in [2.24, 2.45) is 0 Å². The zero-order chi connectivity index (χ0) is 20.3. The van der Waals surface area contributed by atoms with Crippen LogP contribution in [0.15, 0.2) is 84.9 Å². The fourth-order valence-electron chi connectivity index (χ4n) is 4.72. The van der Waals surface area contributed by atoms with E-state index in [2.05, 4.69) is 104 Å². The van der Waals surface area contributed by atoms with Crippen molar-refractivity contribution in [3.05, 3.63) is 107 Å². The maximum Gasteiger partial charge on any atom is 0.0475 e. The number of alkyl halides is 1. The van der Waals surface area contributed by atoms with E-state index in [1.165, 1.54) is 22.3 Å². The Morgan fingerprint density at radius 3 is 1.93 bits per heavy atom. The van der Waals surface area contributed by atoms with Crippen molar-refractivity contribution in [3.8, 4) is 0 Å². The lowest BCUT2D eigenvalue weighted by Gasteiger charge is -2.46. The van der Waals surface area contributed by atoms with Crippen molar-refractivity contribution >= 4 is 11.6 Å². The first kappa shape index (κ1) is 20.2. The number of rotatable bonds is 5. The van der Waals surface area contributed by atoms with Crippen molar-refractivity contribution in [2.75, 3.05) is 13.1 Å². The van der Waals surface area contributed by atoms with Crippen LogP contribution >= 0.6 is 11.6 Å². The Balaban J connectivity index is 1.66. The minimum atomic E-state index is -0.0783. The highest BCUT2D eigenvalue weighted by Gasteiger charge is 2.41. The van der Waals surface area contributed by atoms with Gasteiger partial charge in [0.05, 0.1) is 0 Å². The third-order valence-corrected chi connectivity index (χ3v) is 6.52. The maximum atomic E-state index is 6.89. The SMILES string of the molecule is CC(C)c1ccc(CN2CC(Cl)CC(c3ccccc3)(c3ccccc3)C2)cc1. The molecule has 3 aromatic carbocycles. The van der Waals surface area contributed by atoms with Crippen molar-refractivity contribution in [2.45, 2.75) is 43.5 Å². The second-order valence-corrected chi connectivity index (χ2v) is 9.30. The Hall–Kier alpha value is -2.09. The molecule has 1 aliphatic heterocycles. The second kappa shape index (κ2) is 8.73. The van der Waals surface area contributed by atoms with Crippen molar-refractivity contribution in [1.82, 2.24) is 4.90 Å². The van der Waals surface area contributed by atoms with E-state index in [4.69, 9.17) is 11.6 Å². The van der Waals surface area contributed by atoms with E-state index in [1.807, 2.05) is 0 Å². The summed E-state index contributed by atoms with van der Waals surface area (Å²) >= 11 is 6.89. The van der Waals surface area contributed by atoms with Crippen LogP contribution in [-0.2, 0) is 12.0 Å². The average Bonchev–Trinajstić information content (AvgIpc) is 2.75. The summed E-state index contributed by atoms with van der Waals surface area (Å²) in [6.07, 6.45) is 0.964.